The maximum absolute atomic E-state index is 13.7. The zero-order chi connectivity index (χ0) is 32.1. The van der Waals surface area contributed by atoms with Crippen LogP contribution in [0.25, 0.3) is 0 Å². The Balaban J connectivity index is 1.82. The van der Waals surface area contributed by atoms with Crippen LogP contribution in [0.15, 0.2) is 95.9 Å². The first-order chi connectivity index (χ1) is 21.0. The molecule has 0 aliphatic carbocycles. The smallest absolute Gasteiger partial charge is 0.408 e. The minimum absolute atomic E-state index is 0.0104. The van der Waals surface area contributed by atoms with Crippen LogP contribution in [0.1, 0.15) is 45.2 Å². The number of nitrogens with zero attached hydrogens (tertiary/aromatic N) is 1. The standard InChI is InChI=1S/C34H45N3O6S/c1-5-26(4)32(36-34(40)43-24-28-17-11-7-12-18-28)33(39)35-30(21-27-15-9-6-10-16-27)31(38)23-37(22-25(2)3)44(41,42)29-19-13-8-14-20-29/h6-20,25-26,30-32,38H,5,21-24H2,1-4H3,(H,35,39)(H,36,40)/t26-,30?,31+,32-/m0/s1. The van der Waals surface area contributed by atoms with Crippen molar-refractivity contribution in [2.45, 2.75) is 70.2 Å². The number of benzene rings is 3. The van der Waals surface area contributed by atoms with Crippen LogP contribution < -0.4 is 10.6 Å². The van der Waals surface area contributed by atoms with Gasteiger partial charge < -0.3 is 20.5 Å². The molecule has 0 saturated heterocycles. The van der Waals surface area contributed by atoms with Crippen LogP contribution >= 0.6 is 0 Å². The topological polar surface area (TPSA) is 125 Å². The van der Waals surface area contributed by atoms with Crippen LogP contribution in [0.2, 0.25) is 0 Å². The van der Waals surface area contributed by atoms with Gasteiger partial charge in [0.25, 0.3) is 0 Å². The second-order valence-electron chi connectivity index (χ2n) is 11.5. The number of amides is 2. The highest BCUT2D eigenvalue weighted by Gasteiger charge is 2.34. The third-order valence-electron chi connectivity index (χ3n) is 7.41. The Kier molecular flexibility index (Phi) is 13.4. The minimum Gasteiger partial charge on any atom is -0.445 e. The molecule has 3 rings (SSSR count). The Morgan fingerprint density at radius 1 is 0.818 bits per heavy atom. The van der Waals surface area contributed by atoms with E-state index in [-0.39, 0.29) is 42.8 Å². The van der Waals surface area contributed by atoms with Gasteiger partial charge in [-0.15, -0.1) is 0 Å². The molecule has 3 aromatic carbocycles. The summed E-state index contributed by atoms with van der Waals surface area (Å²) in [5.74, 6) is -0.745. The normalized spacial score (nSPS) is 14.4. The van der Waals surface area contributed by atoms with Gasteiger partial charge in [-0.2, -0.15) is 4.31 Å². The van der Waals surface area contributed by atoms with E-state index in [1.54, 1.807) is 18.2 Å². The molecule has 9 nitrogen and oxygen atoms in total. The molecule has 0 saturated carbocycles. The molecule has 0 aromatic heterocycles. The molecule has 1 unspecified atom stereocenters. The average molecular weight is 624 g/mol. The molecule has 0 spiro atoms. The van der Waals surface area contributed by atoms with E-state index in [0.717, 1.165) is 11.1 Å². The lowest BCUT2D eigenvalue weighted by Crippen LogP contribution is -2.57. The fourth-order valence-electron chi connectivity index (χ4n) is 4.77. The summed E-state index contributed by atoms with van der Waals surface area (Å²) < 4.78 is 33.8. The number of hydrogen-bond donors (Lipinski definition) is 3. The van der Waals surface area contributed by atoms with Crippen molar-refractivity contribution in [3.8, 4) is 0 Å². The minimum atomic E-state index is -3.92. The molecule has 0 aliphatic rings. The van der Waals surface area contributed by atoms with Crippen molar-refractivity contribution in [2.75, 3.05) is 13.1 Å². The van der Waals surface area contributed by atoms with E-state index in [0.29, 0.717) is 6.42 Å². The predicted octanol–water partition coefficient (Wildman–Crippen LogP) is 4.76. The largest absolute Gasteiger partial charge is 0.445 e. The number of hydrogen-bond acceptors (Lipinski definition) is 6. The molecular weight excluding hydrogens is 578 g/mol. The third-order valence-corrected chi connectivity index (χ3v) is 9.26. The number of ether oxygens (including phenoxy) is 1. The van der Waals surface area contributed by atoms with Crippen LogP contribution in [0.3, 0.4) is 0 Å². The maximum atomic E-state index is 13.7. The van der Waals surface area contributed by atoms with Crippen molar-refractivity contribution < 1.29 is 27.9 Å². The Bertz CT molecular complexity index is 1400. The first-order valence-electron chi connectivity index (χ1n) is 15.1. The first-order valence-corrected chi connectivity index (χ1v) is 16.5. The maximum Gasteiger partial charge on any atom is 0.408 e. The summed E-state index contributed by atoms with van der Waals surface area (Å²) in [5.41, 5.74) is 1.67. The highest BCUT2D eigenvalue weighted by atomic mass is 32.2. The first kappa shape index (κ1) is 34.8. The van der Waals surface area contributed by atoms with Gasteiger partial charge in [-0.25, -0.2) is 13.2 Å². The number of carbonyl (C=O) groups is 2. The summed E-state index contributed by atoms with van der Waals surface area (Å²) in [6.45, 7) is 7.58. The van der Waals surface area contributed by atoms with Gasteiger partial charge in [0, 0.05) is 13.1 Å². The number of nitrogens with one attached hydrogen (secondary N) is 2. The lowest BCUT2D eigenvalue weighted by Gasteiger charge is -2.32. The number of aliphatic hydroxyl groups is 1. The molecule has 2 amide bonds. The van der Waals surface area contributed by atoms with Gasteiger partial charge in [0.1, 0.15) is 12.6 Å². The average Bonchev–Trinajstić information content (AvgIpc) is 3.02. The molecule has 238 valence electrons. The van der Waals surface area contributed by atoms with Crippen molar-refractivity contribution in [2.24, 2.45) is 11.8 Å². The molecule has 44 heavy (non-hydrogen) atoms. The number of carbonyl (C=O) groups excluding carboxylic acids is 2. The summed E-state index contributed by atoms with van der Waals surface area (Å²) in [6.07, 6.45) is -1.13. The fraction of sp³-hybridized carbons (Fsp3) is 0.412. The second-order valence-corrected chi connectivity index (χ2v) is 13.4. The number of sulfonamides is 1. The van der Waals surface area contributed by atoms with Crippen LogP contribution in [0, 0.1) is 11.8 Å². The van der Waals surface area contributed by atoms with Crippen molar-refractivity contribution in [1.29, 1.82) is 0 Å². The van der Waals surface area contributed by atoms with Crippen molar-refractivity contribution in [3.05, 3.63) is 102 Å². The summed E-state index contributed by atoms with van der Waals surface area (Å²) in [5, 5.41) is 17.2. The molecule has 0 aliphatic heterocycles. The van der Waals surface area contributed by atoms with Gasteiger partial charge in [-0.3, -0.25) is 4.79 Å². The Labute approximate surface area is 261 Å². The molecular formula is C34H45N3O6S. The van der Waals surface area contributed by atoms with Crippen LogP contribution in [-0.4, -0.2) is 61.1 Å². The van der Waals surface area contributed by atoms with E-state index in [4.69, 9.17) is 4.74 Å². The Morgan fingerprint density at radius 3 is 1.91 bits per heavy atom. The van der Waals surface area contributed by atoms with E-state index in [9.17, 15) is 23.1 Å². The van der Waals surface area contributed by atoms with E-state index >= 15 is 0 Å². The van der Waals surface area contributed by atoms with Gasteiger partial charge in [0.05, 0.1) is 17.0 Å². The quantitative estimate of drug-likeness (QED) is 0.211. The molecule has 3 N–H and O–H groups in total. The molecule has 0 bridgehead atoms. The zero-order valence-electron chi connectivity index (χ0n) is 25.9. The highest BCUT2D eigenvalue weighted by Crippen LogP contribution is 2.19. The second kappa shape index (κ2) is 16.9. The summed E-state index contributed by atoms with van der Waals surface area (Å²) >= 11 is 0. The van der Waals surface area contributed by atoms with Crippen LogP contribution in [-0.2, 0) is 32.6 Å². The fourth-order valence-corrected chi connectivity index (χ4v) is 6.42. The van der Waals surface area contributed by atoms with Gasteiger partial charge in [-0.1, -0.05) is 113 Å². The van der Waals surface area contributed by atoms with Gasteiger partial charge in [0.15, 0.2) is 0 Å². The van der Waals surface area contributed by atoms with Gasteiger partial charge >= 0.3 is 6.09 Å². The van der Waals surface area contributed by atoms with Crippen LogP contribution in [0.4, 0.5) is 4.79 Å². The van der Waals surface area contributed by atoms with Crippen LogP contribution in [0.5, 0.6) is 0 Å². The summed E-state index contributed by atoms with van der Waals surface area (Å²) in [7, 11) is -3.92. The van der Waals surface area contributed by atoms with Crippen molar-refractivity contribution in [1.82, 2.24) is 14.9 Å². The lowest BCUT2D eigenvalue weighted by atomic mass is 9.96. The molecule has 10 heteroatoms. The van der Waals surface area contributed by atoms with Gasteiger partial charge in [0.2, 0.25) is 15.9 Å². The number of aliphatic hydroxyl groups excluding tert-OH is 1. The molecule has 0 heterocycles. The lowest BCUT2D eigenvalue weighted by molar-refractivity contribution is -0.125. The monoisotopic (exact) mass is 623 g/mol. The Morgan fingerprint density at radius 2 is 1.36 bits per heavy atom. The van der Waals surface area contributed by atoms with E-state index < -0.39 is 40.2 Å². The Hall–Kier alpha value is -3.73. The van der Waals surface area contributed by atoms with Gasteiger partial charge in [-0.05, 0) is 41.5 Å². The van der Waals surface area contributed by atoms with E-state index in [1.807, 2.05) is 88.4 Å². The molecule has 3 aromatic rings. The van der Waals surface area contributed by atoms with E-state index in [1.165, 1.54) is 16.4 Å². The highest BCUT2D eigenvalue weighted by molar-refractivity contribution is 7.89. The van der Waals surface area contributed by atoms with E-state index in [2.05, 4.69) is 10.6 Å². The summed E-state index contributed by atoms with van der Waals surface area (Å²) in [6, 6.07) is 24.9. The summed E-state index contributed by atoms with van der Waals surface area (Å²) in [4.78, 5) is 26.6. The third kappa shape index (κ3) is 10.5. The number of rotatable bonds is 16. The molecule has 0 fully saturated rings. The van der Waals surface area contributed by atoms with Crippen molar-refractivity contribution in [3.63, 3.8) is 0 Å². The number of alkyl carbamates (subject to hydrolysis) is 1. The SMILES string of the molecule is CC[C@H](C)[C@H](NC(=O)OCc1ccccc1)C(=O)NC(Cc1ccccc1)[C@H](O)CN(CC(C)C)S(=O)(=O)c1ccccc1. The zero-order valence-corrected chi connectivity index (χ0v) is 26.7. The predicted molar refractivity (Wildman–Crippen MR) is 171 cm³/mol. The van der Waals surface area contributed by atoms with Crippen molar-refractivity contribution >= 4 is 22.0 Å². The molecule has 4 atom stereocenters. The molecule has 0 radical (unpaired) electrons.